The number of rotatable bonds is 2. The Kier molecular flexibility index (Phi) is 4.46. The van der Waals surface area contributed by atoms with Crippen LogP contribution in [0.2, 0.25) is 0 Å². The molecule has 1 aliphatic carbocycles. The Hall–Kier alpha value is -2.60. The van der Waals surface area contributed by atoms with E-state index >= 15 is 0 Å². The van der Waals surface area contributed by atoms with Crippen molar-refractivity contribution in [2.24, 2.45) is 5.92 Å². The van der Waals surface area contributed by atoms with Crippen molar-refractivity contribution in [1.29, 1.82) is 0 Å². The molecular weight excluding hydrogens is 434 g/mol. The number of carbonyl (C=O) groups excluding carboxylic acids is 2. The van der Waals surface area contributed by atoms with Crippen molar-refractivity contribution in [3.63, 3.8) is 0 Å². The third kappa shape index (κ3) is 3.25. The number of ketones is 1. The van der Waals surface area contributed by atoms with Gasteiger partial charge in [-0.1, -0.05) is 51.8 Å². The second-order valence-corrected chi connectivity index (χ2v) is 8.73. The molecule has 5 nitrogen and oxygen atoms in total. The highest BCUT2D eigenvalue weighted by atomic mass is 79.9. The number of halogens is 1. The minimum atomic E-state index is -0.355. The molecule has 3 aliphatic rings. The highest BCUT2D eigenvalue weighted by Crippen LogP contribution is 2.47. The maximum absolute atomic E-state index is 13.3. The van der Waals surface area contributed by atoms with Crippen LogP contribution in [0, 0.1) is 12.8 Å². The predicted octanol–water partition coefficient (Wildman–Crippen LogP) is 4.35. The largest absolute Gasteiger partial charge is 0.454 e. The van der Waals surface area contributed by atoms with Gasteiger partial charge in [-0.25, -0.2) is 0 Å². The van der Waals surface area contributed by atoms with Gasteiger partial charge in [0, 0.05) is 34.8 Å². The minimum Gasteiger partial charge on any atom is -0.454 e. The Labute approximate surface area is 177 Å². The Morgan fingerprint density at radius 1 is 1.03 bits per heavy atom. The van der Waals surface area contributed by atoms with Crippen LogP contribution in [0.5, 0.6) is 11.5 Å². The van der Waals surface area contributed by atoms with E-state index in [1.165, 1.54) is 5.56 Å². The predicted molar refractivity (Wildman–Crippen MR) is 111 cm³/mol. The number of aryl methyl sites for hydroxylation is 1. The topological polar surface area (TPSA) is 64.6 Å². The van der Waals surface area contributed by atoms with Crippen molar-refractivity contribution < 1.29 is 19.1 Å². The standard InChI is InChI=1S/C23H20BrNO4/c1-12-2-4-13(5-3-12)14-6-18-23(19(26)7-14)16(9-22(27)25-18)15-8-20-21(10-17(15)24)29-11-28-20/h2-6,8,10,14,16,23H,7,9,11H2,1H3,(H,25,27)/t14-,16+,23-/m0/s1. The van der Waals surface area contributed by atoms with E-state index < -0.39 is 0 Å². The zero-order valence-corrected chi connectivity index (χ0v) is 17.5. The molecule has 148 valence electrons. The van der Waals surface area contributed by atoms with Crippen molar-refractivity contribution in [1.82, 2.24) is 5.32 Å². The number of fused-ring (bicyclic) bond motifs is 2. The van der Waals surface area contributed by atoms with E-state index in [0.717, 1.165) is 21.3 Å². The van der Waals surface area contributed by atoms with Gasteiger partial charge in [0.15, 0.2) is 11.5 Å². The van der Waals surface area contributed by atoms with E-state index in [1.54, 1.807) is 0 Å². The maximum Gasteiger partial charge on any atom is 0.231 e. The summed E-state index contributed by atoms with van der Waals surface area (Å²) in [6.45, 7) is 2.22. The molecule has 0 saturated carbocycles. The number of nitrogens with one attached hydrogen (secondary N) is 1. The first-order valence-corrected chi connectivity index (χ1v) is 10.5. The summed E-state index contributed by atoms with van der Waals surface area (Å²) >= 11 is 3.60. The van der Waals surface area contributed by atoms with Crippen LogP contribution in [0.3, 0.4) is 0 Å². The van der Waals surface area contributed by atoms with E-state index in [4.69, 9.17) is 9.47 Å². The van der Waals surface area contributed by atoms with Crippen LogP contribution in [0.1, 0.15) is 41.4 Å². The summed E-state index contributed by atoms with van der Waals surface area (Å²) in [4.78, 5) is 25.8. The molecule has 0 spiro atoms. The lowest BCUT2D eigenvalue weighted by molar-refractivity contribution is -0.127. The average Bonchev–Trinajstić information content (AvgIpc) is 3.14. The normalized spacial score (nSPS) is 25.3. The molecule has 0 radical (unpaired) electrons. The van der Waals surface area contributed by atoms with Gasteiger partial charge in [-0.15, -0.1) is 0 Å². The number of benzene rings is 2. The third-order valence-electron chi connectivity index (χ3n) is 5.97. The van der Waals surface area contributed by atoms with Crippen molar-refractivity contribution in [2.45, 2.75) is 31.6 Å². The van der Waals surface area contributed by atoms with Crippen LogP contribution < -0.4 is 14.8 Å². The van der Waals surface area contributed by atoms with Crippen molar-refractivity contribution >= 4 is 27.6 Å². The van der Waals surface area contributed by atoms with Gasteiger partial charge in [0.05, 0.1) is 5.92 Å². The molecule has 0 unspecified atom stereocenters. The van der Waals surface area contributed by atoms with E-state index in [2.05, 4.69) is 51.6 Å². The lowest BCUT2D eigenvalue weighted by Gasteiger charge is -2.37. The summed E-state index contributed by atoms with van der Waals surface area (Å²) in [7, 11) is 0. The average molecular weight is 454 g/mol. The van der Waals surface area contributed by atoms with Gasteiger partial charge in [0.1, 0.15) is 5.78 Å². The second kappa shape index (κ2) is 7.02. The molecule has 2 aromatic carbocycles. The summed E-state index contributed by atoms with van der Waals surface area (Å²) in [5.41, 5.74) is 3.90. The molecule has 5 rings (SSSR count). The molecular formula is C23H20BrNO4. The van der Waals surface area contributed by atoms with Crippen LogP contribution in [0.15, 0.2) is 52.6 Å². The van der Waals surface area contributed by atoms with Gasteiger partial charge in [-0.2, -0.15) is 0 Å². The molecule has 0 aromatic heterocycles. The number of allylic oxidation sites excluding steroid dienone is 2. The van der Waals surface area contributed by atoms with Crippen molar-refractivity contribution in [2.75, 3.05) is 6.79 Å². The van der Waals surface area contributed by atoms with E-state index in [9.17, 15) is 9.59 Å². The zero-order chi connectivity index (χ0) is 20.1. The lowest BCUT2D eigenvalue weighted by atomic mass is 9.70. The first-order valence-electron chi connectivity index (χ1n) is 9.69. The quantitative estimate of drug-likeness (QED) is 0.733. The Balaban J connectivity index is 1.53. The fourth-order valence-electron chi connectivity index (χ4n) is 4.52. The van der Waals surface area contributed by atoms with Crippen LogP contribution in [0.25, 0.3) is 0 Å². The second-order valence-electron chi connectivity index (χ2n) is 7.87. The molecule has 2 heterocycles. The molecule has 0 bridgehead atoms. The number of ether oxygens (including phenoxy) is 2. The SMILES string of the molecule is Cc1ccc([C@H]2C=C3NC(=O)C[C@H](c4cc5c(cc4Br)OCO5)[C@@H]3C(=O)C2)cc1. The van der Waals surface area contributed by atoms with Crippen LogP contribution in [-0.2, 0) is 9.59 Å². The Morgan fingerprint density at radius 3 is 2.52 bits per heavy atom. The highest BCUT2D eigenvalue weighted by Gasteiger charge is 2.43. The number of piperidine rings is 1. The van der Waals surface area contributed by atoms with Gasteiger partial charge < -0.3 is 14.8 Å². The van der Waals surface area contributed by atoms with Crippen LogP contribution in [-0.4, -0.2) is 18.5 Å². The first-order chi connectivity index (χ1) is 14.0. The number of carbonyl (C=O) groups is 2. The number of hydrogen-bond donors (Lipinski definition) is 1. The lowest BCUT2D eigenvalue weighted by Crippen LogP contribution is -2.43. The van der Waals surface area contributed by atoms with E-state index in [-0.39, 0.29) is 42.7 Å². The molecule has 29 heavy (non-hydrogen) atoms. The van der Waals surface area contributed by atoms with Gasteiger partial charge in [-0.3, -0.25) is 9.59 Å². The van der Waals surface area contributed by atoms with Gasteiger partial charge in [0.25, 0.3) is 0 Å². The molecule has 1 amide bonds. The number of hydrogen-bond acceptors (Lipinski definition) is 4. The Bertz CT molecular complexity index is 1040. The first kappa shape index (κ1) is 18.4. The van der Waals surface area contributed by atoms with E-state index in [1.807, 2.05) is 19.1 Å². The van der Waals surface area contributed by atoms with Crippen LogP contribution in [0.4, 0.5) is 0 Å². The third-order valence-corrected chi connectivity index (χ3v) is 6.66. The molecule has 6 heteroatoms. The minimum absolute atomic E-state index is 0.0198. The molecule has 2 aromatic rings. The highest BCUT2D eigenvalue weighted by molar-refractivity contribution is 9.10. The maximum atomic E-state index is 13.3. The Morgan fingerprint density at radius 2 is 1.76 bits per heavy atom. The summed E-state index contributed by atoms with van der Waals surface area (Å²) in [5.74, 6) is 0.804. The summed E-state index contributed by atoms with van der Waals surface area (Å²) < 4.78 is 11.8. The fraction of sp³-hybridized carbons (Fsp3) is 0.304. The zero-order valence-electron chi connectivity index (χ0n) is 15.9. The molecule has 1 saturated heterocycles. The van der Waals surface area contributed by atoms with E-state index in [0.29, 0.717) is 17.9 Å². The number of amides is 1. The van der Waals surface area contributed by atoms with Crippen molar-refractivity contribution in [3.05, 3.63) is 69.3 Å². The molecule has 2 aliphatic heterocycles. The summed E-state index contributed by atoms with van der Waals surface area (Å²) in [6.07, 6.45) is 2.76. The van der Waals surface area contributed by atoms with Crippen molar-refractivity contribution in [3.8, 4) is 11.5 Å². The fourth-order valence-corrected chi connectivity index (χ4v) is 5.14. The van der Waals surface area contributed by atoms with Gasteiger partial charge >= 0.3 is 0 Å². The summed E-state index contributed by atoms with van der Waals surface area (Å²) in [5, 5.41) is 2.96. The number of Topliss-reactive ketones (excluding diaryl/α,β-unsaturated/α-hetero) is 1. The molecule has 3 atom stereocenters. The summed E-state index contributed by atoms with van der Waals surface area (Å²) in [6, 6.07) is 12.0. The molecule has 1 N–H and O–H groups in total. The van der Waals surface area contributed by atoms with Gasteiger partial charge in [-0.05, 0) is 30.2 Å². The smallest absolute Gasteiger partial charge is 0.231 e. The monoisotopic (exact) mass is 453 g/mol. The van der Waals surface area contributed by atoms with Crippen LogP contribution >= 0.6 is 15.9 Å². The van der Waals surface area contributed by atoms with Gasteiger partial charge in [0.2, 0.25) is 12.7 Å². The molecule has 1 fully saturated rings.